The van der Waals surface area contributed by atoms with Crippen LogP contribution < -0.4 is 11.1 Å². The van der Waals surface area contributed by atoms with Gasteiger partial charge in [0.1, 0.15) is 11.6 Å². The van der Waals surface area contributed by atoms with Crippen molar-refractivity contribution in [2.45, 2.75) is 32.4 Å². The molecule has 1 rings (SSSR count). The smallest absolute Gasteiger partial charge is 0.218 e. The van der Waals surface area contributed by atoms with Gasteiger partial charge >= 0.3 is 0 Å². The Bertz CT molecular complexity index is 409. The molecule has 0 fully saturated rings. The fourth-order valence-electron chi connectivity index (χ4n) is 1.75. The number of phenols is 1. The first-order chi connectivity index (χ1) is 7.90. The Hall–Kier alpha value is -1.62. The summed E-state index contributed by atoms with van der Waals surface area (Å²) in [5.41, 5.74) is 5.53. The average Bonchev–Trinajstić information content (AvgIpc) is 2.20. The second-order valence-corrected chi connectivity index (χ2v) is 4.16. The molecule has 0 radical (unpaired) electrons. The van der Waals surface area contributed by atoms with E-state index < -0.39 is 11.7 Å². The number of hydrogen-bond acceptors (Lipinski definition) is 3. The molecule has 0 saturated carbocycles. The Morgan fingerprint density at radius 2 is 2.18 bits per heavy atom. The summed E-state index contributed by atoms with van der Waals surface area (Å²) in [6.07, 6.45) is 0.195. The maximum Gasteiger partial charge on any atom is 0.218 e. The number of aromatic hydroxyl groups is 1. The third-order valence-corrected chi connectivity index (χ3v) is 2.50. The molecule has 0 aliphatic rings. The molecule has 4 nitrogen and oxygen atoms in total. The third kappa shape index (κ3) is 4.03. The predicted octanol–water partition coefficient (Wildman–Crippen LogP) is 1.45. The molecule has 0 aromatic heterocycles. The first-order valence-corrected chi connectivity index (χ1v) is 5.43. The zero-order valence-electron chi connectivity index (χ0n) is 9.90. The van der Waals surface area contributed by atoms with Gasteiger partial charge in [0.15, 0.2) is 0 Å². The summed E-state index contributed by atoms with van der Waals surface area (Å²) in [7, 11) is 0. The molecular formula is C12H17FN2O2. The van der Waals surface area contributed by atoms with Crippen molar-refractivity contribution >= 4 is 5.91 Å². The molecule has 1 aromatic carbocycles. The molecule has 2 unspecified atom stereocenters. The van der Waals surface area contributed by atoms with Crippen molar-refractivity contribution in [2.75, 3.05) is 0 Å². The SMILES string of the molecule is CC(CC(N)=O)NC(C)c1cc(F)ccc1O. The van der Waals surface area contributed by atoms with Gasteiger partial charge in [-0.05, 0) is 32.0 Å². The second kappa shape index (κ2) is 5.63. The van der Waals surface area contributed by atoms with Crippen molar-refractivity contribution in [2.24, 2.45) is 5.73 Å². The van der Waals surface area contributed by atoms with E-state index in [1.54, 1.807) is 13.8 Å². The zero-order chi connectivity index (χ0) is 13.0. The van der Waals surface area contributed by atoms with Crippen molar-refractivity contribution in [3.63, 3.8) is 0 Å². The van der Waals surface area contributed by atoms with Gasteiger partial charge in [0, 0.05) is 24.1 Å². The molecule has 94 valence electrons. The maximum absolute atomic E-state index is 13.0. The van der Waals surface area contributed by atoms with Gasteiger partial charge < -0.3 is 16.2 Å². The number of primary amides is 1. The van der Waals surface area contributed by atoms with Crippen molar-refractivity contribution in [1.29, 1.82) is 0 Å². The summed E-state index contributed by atoms with van der Waals surface area (Å²) < 4.78 is 13.0. The predicted molar refractivity (Wildman–Crippen MR) is 62.9 cm³/mol. The van der Waals surface area contributed by atoms with Gasteiger partial charge in [0.25, 0.3) is 0 Å². The van der Waals surface area contributed by atoms with E-state index in [0.29, 0.717) is 5.56 Å². The Kier molecular flexibility index (Phi) is 4.45. The molecule has 5 heteroatoms. The van der Waals surface area contributed by atoms with Gasteiger partial charge in [-0.25, -0.2) is 4.39 Å². The van der Waals surface area contributed by atoms with Crippen LogP contribution in [0, 0.1) is 5.82 Å². The van der Waals surface area contributed by atoms with E-state index in [1.807, 2.05) is 0 Å². The topological polar surface area (TPSA) is 75.4 Å². The highest BCUT2D eigenvalue weighted by Gasteiger charge is 2.14. The van der Waals surface area contributed by atoms with E-state index in [1.165, 1.54) is 18.2 Å². The van der Waals surface area contributed by atoms with Crippen LogP contribution in [0.5, 0.6) is 5.75 Å². The van der Waals surface area contributed by atoms with Gasteiger partial charge in [-0.15, -0.1) is 0 Å². The molecule has 0 heterocycles. The summed E-state index contributed by atoms with van der Waals surface area (Å²) in [6.45, 7) is 3.59. The number of amides is 1. The zero-order valence-corrected chi connectivity index (χ0v) is 9.90. The number of carbonyl (C=O) groups excluding carboxylic acids is 1. The molecule has 0 aliphatic carbocycles. The lowest BCUT2D eigenvalue weighted by Crippen LogP contribution is -2.33. The van der Waals surface area contributed by atoms with E-state index in [0.717, 1.165) is 0 Å². The molecule has 1 aromatic rings. The minimum atomic E-state index is -0.408. The summed E-state index contributed by atoms with van der Waals surface area (Å²) in [5.74, 6) is -0.785. The highest BCUT2D eigenvalue weighted by molar-refractivity contribution is 5.74. The van der Waals surface area contributed by atoms with E-state index >= 15 is 0 Å². The number of nitrogens with two attached hydrogens (primary N) is 1. The molecular weight excluding hydrogens is 223 g/mol. The van der Waals surface area contributed by atoms with Crippen molar-refractivity contribution in [3.8, 4) is 5.75 Å². The first-order valence-electron chi connectivity index (χ1n) is 5.43. The largest absolute Gasteiger partial charge is 0.508 e. The summed E-state index contributed by atoms with van der Waals surface area (Å²) in [6, 6.07) is 3.37. The van der Waals surface area contributed by atoms with E-state index in [4.69, 9.17) is 5.73 Å². The van der Waals surface area contributed by atoms with Gasteiger partial charge in [-0.1, -0.05) is 0 Å². The molecule has 0 saturated heterocycles. The van der Waals surface area contributed by atoms with Gasteiger partial charge in [-0.3, -0.25) is 4.79 Å². The van der Waals surface area contributed by atoms with Crippen LogP contribution in [0.3, 0.4) is 0 Å². The van der Waals surface area contributed by atoms with Crippen molar-refractivity contribution < 1.29 is 14.3 Å². The number of rotatable bonds is 5. The normalized spacial score (nSPS) is 14.3. The molecule has 0 spiro atoms. The van der Waals surface area contributed by atoms with E-state index in [9.17, 15) is 14.3 Å². The summed E-state index contributed by atoms with van der Waals surface area (Å²) >= 11 is 0. The minimum Gasteiger partial charge on any atom is -0.508 e. The van der Waals surface area contributed by atoms with Crippen LogP contribution in [0.25, 0.3) is 0 Å². The molecule has 0 aliphatic heterocycles. The molecule has 4 N–H and O–H groups in total. The lowest BCUT2D eigenvalue weighted by atomic mass is 10.1. The quantitative estimate of drug-likeness (QED) is 0.729. The van der Waals surface area contributed by atoms with Crippen LogP contribution in [0.4, 0.5) is 4.39 Å². The van der Waals surface area contributed by atoms with Crippen LogP contribution in [0.2, 0.25) is 0 Å². The molecule has 1 amide bonds. The highest BCUT2D eigenvalue weighted by Crippen LogP contribution is 2.25. The molecule has 2 atom stereocenters. The first kappa shape index (κ1) is 13.4. The van der Waals surface area contributed by atoms with E-state index in [2.05, 4.69) is 5.32 Å². The fraction of sp³-hybridized carbons (Fsp3) is 0.417. The third-order valence-electron chi connectivity index (χ3n) is 2.50. The molecule has 17 heavy (non-hydrogen) atoms. The molecule has 0 bridgehead atoms. The Morgan fingerprint density at radius 3 is 2.76 bits per heavy atom. The monoisotopic (exact) mass is 240 g/mol. The Morgan fingerprint density at radius 1 is 1.53 bits per heavy atom. The second-order valence-electron chi connectivity index (χ2n) is 4.16. The van der Waals surface area contributed by atoms with Crippen LogP contribution >= 0.6 is 0 Å². The maximum atomic E-state index is 13.0. The number of halogens is 1. The van der Waals surface area contributed by atoms with Crippen LogP contribution in [0.1, 0.15) is 31.9 Å². The van der Waals surface area contributed by atoms with Gasteiger partial charge in [-0.2, -0.15) is 0 Å². The van der Waals surface area contributed by atoms with Gasteiger partial charge in [0.05, 0.1) is 0 Å². The number of carbonyl (C=O) groups is 1. The summed E-state index contributed by atoms with van der Waals surface area (Å²) in [5, 5.41) is 12.7. The number of hydrogen-bond donors (Lipinski definition) is 3. The van der Waals surface area contributed by atoms with Crippen molar-refractivity contribution in [1.82, 2.24) is 5.32 Å². The lowest BCUT2D eigenvalue weighted by molar-refractivity contribution is -0.118. The number of phenolic OH excluding ortho intramolecular Hbond substituents is 1. The summed E-state index contributed by atoms with van der Waals surface area (Å²) in [4.78, 5) is 10.7. The fourth-order valence-corrected chi connectivity index (χ4v) is 1.75. The lowest BCUT2D eigenvalue weighted by Gasteiger charge is -2.20. The minimum absolute atomic E-state index is 0.0256. The van der Waals surface area contributed by atoms with Crippen molar-refractivity contribution in [3.05, 3.63) is 29.6 Å². The Balaban J connectivity index is 2.72. The number of benzene rings is 1. The van der Waals surface area contributed by atoms with Gasteiger partial charge in [0.2, 0.25) is 5.91 Å². The Labute approximate surface area is 99.6 Å². The van der Waals surface area contributed by atoms with Crippen LogP contribution in [0.15, 0.2) is 18.2 Å². The van der Waals surface area contributed by atoms with E-state index in [-0.39, 0.29) is 24.3 Å². The standard InChI is InChI=1S/C12H17FN2O2/c1-7(5-12(14)17)15-8(2)10-6-9(13)3-4-11(10)16/h3-4,6-8,15-16H,5H2,1-2H3,(H2,14,17). The highest BCUT2D eigenvalue weighted by atomic mass is 19.1. The average molecular weight is 240 g/mol. The number of nitrogens with one attached hydrogen (secondary N) is 1. The van der Waals surface area contributed by atoms with Crippen LogP contribution in [-0.4, -0.2) is 17.1 Å². The van der Waals surface area contributed by atoms with Crippen LogP contribution in [-0.2, 0) is 4.79 Å².